The van der Waals surface area contributed by atoms with Crippen LogP contribution < -0.4 is 5.32 Å². The fraction of sp³-hybridized carbons (Fsp3) is 0.0476. The highest BCUT2D eigenvalue weighted by Gasteiger charge is 2.22. The highest BCUT2D eigenvalue weighted by molar-refractivity contribution is 9.10. The smallest absolute Gasteiger partial charge is 0.241 e. The Morgan fingerprint density at radius 2 is 1.90 bits per heavy atom. The Morgan fingerprint density at radius 3 is 2.62 bits per heavy atom. The fourth-order valence-electron chi connectivity index (χ4n) is 2.84. The highest BCUT2D eigenvalue weighted by atomic mass is 79.9. The quantitative estimate of drug-likeness (QED) is 0.466. The maximum atomic E-state index is 13.9. The Labute approximate surface area is 173 Å². The largest absolute Gasteiger partial charge is 0.337 e. The first kappa shape index (κ1) is 18.9. The molecule has 4 rings (SSSR count). The maximum absolute atomic E-state index is 13.9. The molecule has 2 heterocycles. The molecule has 8 heteroatoms. The van der Waals surface area contributed by atoms with Gasteiger partial charge in [0, 0.05) is 16.2 Å². The summed E-state index contributed by atoms with van der Waals surface area (Å²) in [4.78, 5) is 20.7. The molecule has 0 unspecified atom stereocenters. The molecule has 0 fully saturated rings. The summed E-state index contributed by atoms with van der Waals surface area (Å²) in [7, 11) is 0. The number of carbonyl (C=O) groups is 1. The maximum Gasteiger partial charge on any atom is 0.241 e. The first-order valence-corrected chi connectivity index (χ1v) is 9.46. The molecule has 144 valence electrons. The van der Waals surface area contributed by atoms with E-state index in [1.807, 2.05) is 24.3 Å². The lowest BCUT2D eigenvalue weighted by Crippen LogP contribution is -2.15. The SMILES string of the molecule is O=C(Cc1ccccc1F)Nc1onc(-c2ccc(Br)cc2)c1-c1ccncn1. The van der Waals surface area contributed by atoms with Crippen LogP contribution in [0.1, 0.15) is 5.56 Å². The predicted octanol–water partition coefficient (Wildman–Crippen LogP) is 4.88. The standard InChI is InChI=1S/C21H14BrFN4O2/c22-15-7-5-13(6-8-15)20-19(17-9-10-24-12-25-17)21(29-27-20)26-18(28)11-14-3-1-2-4-16(14)23/h1-10,12H,11H2,(H,26,28). The molecule has 29 heavy (non-hydrogen) atoms. The number of nitrogens with one attached hydrogen (secondary N) is 1. The number of hydrogen-bond acceptors (Lipinski definition) is 5. The minimum atomic E-state index is -0.438. The van der Waals surface area contributed by atoms with Gasteiger partial charge >= 0.3 is 0 Å². The van der Waals surface area contributed by atoms with E-state index in [-0.39, 0.29) is 12.3 Å². The van der Waals surface area contributed by atoms with E-state index in [0.29, 0.717) is 22.5 Å². The van der Waals surface area contributed by atoms with Crippen molar-refractivity contribution in [2.24, 2.45) is 0 Å². The number of carbonyl (C=O) groups excluding carboxylic acids is 1. The van der Waals surface area contributed by atoms with Gasteiger partial charge in [-0.15, -0.1) is 0 Å². The molecule has 0 bridgehead atoms. The third kappa shape index (κ3) is 4.22. The van der Waals surface area contributed by atoms with E-state index in [1.54, 1.807) is 30.5 Å². The van der Waals surface area contributed by atoms with Crippen molar-refractivity contribution in [2.45, 2.75) is 6.42 Å². The third-order valence-electron chi connectivity index (χ3n) is 4.21. The van der Waals surface area contributed by atoms with Crippen LogP contribution in [0.3, 0.4) is 0 Å². The van der Waals surface area contributed by atoms with E-state index in [2.05, 4.69) is 36.4 Å². The van der Waals surface area contributed by atoms with Gasteiger partial charge in [-0.25, -0.2) is 14.4 Å². The zero-order valence-electron chi connectivity index (χ0n) is 15.0. The number of halogens is 2. The van der Waals surface area contributed by atoms with Gasteiger partial charge in [-0.2, -0.15) is 0 Å². The van der Waals surface area contributed by atoms with Gasteiger partial charge in [0.2, 0.25) is 11.8 Å². The molecule has 0 saturated heterocycles. The zero-order chi connectivity index (χ0) is 20.2. The number of rotatable bonds is 5. The molecule has 2 aromatic carbocycles. The normalized spacial score (nSPS) is 10.7. The molecule has 0 spiro atoms. The minimum Gasteiger partial charge on any atom is -0.337 e. The predicted molar refractivity (Wildman–Crippen MR) is 109 cm³/mol. The molecule has 4 aromatic rings. The zero-order valence-corrected chi connectivity index (χ0v) is 16.6. The molecular formula is C21H14BrFN4O2. The summed E-state index contributed by atoms with van der Waals surface area (Å²) >= 11 is 3.40. The summed E-state index contributed by atoms with van der Waals surface area (Å²) < 4.78 is 20.2. The molecule has 0 aliphatic rings. The lowest BCUT2D eigenvalue weighted by molar-refractivity contribution is -0.115. The monoisotopic (exact) mass is 452 g/mol. The second-order valence-electron chi connectivity index (χ2n) is 6.15. The Bertz CT molecular complexity index is 1150. The van der Waals surface area contributed by atoms with Crippen molar-refractivity contribution < 1.29 is 13.7 Å². The van der Waals surface area contributed by atoms with E-state index in [0.717, 1.165) is 10.0 Å². The first-order valence-electron chi connectivity index (χ1n) is 8.67. The van der Waals surface area contributed by atoms with Crippen molar-refractivity contribution in [2.75, 3.05) is 5.32 Å². The van der Waals surface area contributed by atoms with Gasteiger partial charge in [0.15, 0.2) is 0 Å². The second-order valence-corrected chi connectivity index (χ2v) is 7.07. The Balaban J connectivity index is 1.69. The first-order chi connectivity index (χ1) is 14.1. The summed E-state index contributed by atoms with van der Waals surface area (Å²) in [6.07, 6.45) is 2.86. The van der Waals surface area contributed by atoms with Crippen LogP contribution in [0.5, 0.6) is 0 Å². The van der Waals surface area contributed by atoms with Crippen molar-refractivity contribution in [3.8, 4) is 22.5 Å². The second kappa shape index (κ2) is 8.32. The van der Waals surface area contributed by atoms with Crippen LogP contribution in [0.25, 0.3) is 22.5 Å². The van der Waals surface area contributed by atoms with Gasteiger partial charge in [0.25, 0.3) is 0 Å². The summed E-state index contributed by atoms with van der Waals surface area (Å²) in [5.41, 5.74) is 2.68. The number of benzene rings is 2. The lowest BCUT2D eigenvalue weighted by atomic mass is 10.0. The molecule has 0 aliphatic carbocycles. The van der Waals surface area contributed by atoms with Crippen LogP contribution in [0, 0.1) is 5.82 Å². The van der Waals surface area contributed by atoms with Gasteiger partial charge < -0.3 is 4.52 Å². The van der Waals surface area contributed by atoms with Gasteiger partial charge in [-0.1, -0.05) is 51.4 Å². The van der Waals surface area contributed by atoms with Crippen LogP contribution in [0.4, 0.5) is 10.3 Å². The van der Waals surface area contributed by atoms with E-state index >= 15 is 0 Å². The van der Waals surface area contributed by atoms with Gasteiger partial charge in [-0.3, -0.25) is 10.1 Å². The number of anilines is 1. The van der Waals surface area contributed by atoms with E-state index < -0.39 is 11.7 Å². The third-order valence-corrected chi connectivity index (χ3v) is 4.74. The van der Waals surface area contributed by atoms with Crippen LogP contribution >= 0.6 is 15.9 Å². The van der Waals surface area contributed by atoms with E-state index in [1.165, 1.54) is 12.4 Å². The van der Waals surface area contributed by atoms with Gasteiger partial charge in [0.05, 0.1) is 17.7 Å². The molecular weight excluding hydrogens is 439 g/mol. The molecule has 0 saturated carbocycles. The fourth-order valence-corrected chi connectivity index (χ4v) is 3.11. The molecule has 0 aliphatic heterocycles. The summed E-state index contributed by atoms with van der Waals surface area (Å²) in [6, 6.07) is 15.3. The molecule has 6 nitrogen and oxygen atoms in total. The summed E-state index contributed by atoms with van der Waals surface area (Å²) in [5, 5.41) is 6.81. The molecule has 0 radical (unpaired) electrons. The van der Waals surface area contributed by atoms with E-state index in [9.17, 15) is 9.18 Å². The molecule has 1 N–H and O–H groups in total. The van der Waals surface area contributed by atoms with Crippen molar-refractivity contribution in [3.05, 3.63) is 83.0 Å². The van der Waals surface area contributed by atoms with Crippen molar-refractivity contribution >= 4 is 27.7 Å². The number of aromatic nitrogens is 3. The van der Waals surface area contributed by atoms with Crippen LogP contribution in [0.2, 0.25) is 0 Å². The molecule has 2 aromatic heterocycles. The van der Waals surface area contributed by atoms with Crippen molar-refractivity contribution in [3.63, 3.8) is 0 Å². The molecule has 1 amide bonds. The minimum absolute atomic E-state index is 0.135. The summed E-state index contributed by atoms with van der Waals surface area (Å²) in [6.45, 7) is 0. The number of nitrogens with zero attached hydrogens (tertiary/aromatic N) is 3. The molecule has 0 atom stereocenters. The summed E-state index contributed by atoms with van der Waals surface area (Å²) in [5.74, 6) is -0.723. The number of hydrogen-bond donors (Lipinski definition) is 1. The lowest BCUT2D eigenvalue weighted by Gasteiger charge is -2.06. The average Bonchev–Trinajstić information content (AvgIpc) is 3.14. The van der Waals surface area contributed by atoms with Crippen molar-refractivity contribution in [1.82, 2.24) is 15.1 Å². The van der Waals surface area contributed by atoms with Crippen LogP contribution in [0.15, 0.2) is 76.1 Å². The average molecular weight is 453 g/mol. The Hall–Kier alpha value is -3.39. The number of amides is 1. The Kier molecular flexibility index (Phi) is 5.44. The van der Waals surface area contributed by atoms with Crippen LogP contribution in [-0.2, 0) is 11.2 Å². The van der Waals surface area contributed by atoms with E-state index in [4.69, 9.17) is 4.52 Å². The van der Waals surface area contributed by atoms with Gasteiger partial charge in [-0.05, 0) is 29.8 Å². The van der Waals surface area contributed by atoms with Crippen LogP contribution in [-0.4, -0.2) is 21.0 Å². The highest BCUT2D eigenvalue weighted by Crippen LogP contribution is 2.37. The van der Waals surface area contributed by atoms with Crippen molar-refractivity contribution in [1.29, 1.82) is 0 Å². The topological polar surface area (TPSA) is 80.9 Å². The van der Waals surface area contributed by atoms with Gasteiger partial charge in [0.1, 0.15) is 17.8 Å². The Morgan fingerprint density at radius 1 is 1.10 bits per heavy atom.